The van der Waals surface area contributed by atoms with Crippen molar-refractivity contribution in [2.45, 2.75) is 87.0 Å². The van der Waals surface area contributed by atoms with Crippen molar-refractivity contribution in [3.8, 4) is 0 Å². The highest BCUT2D eigenvalue weighted by Crippen LogP contribution is 2.36. The van der Waals surface area contributed by atoms with Gasteiger partial charge in [0, 0.05) is 10.8 Å². The van der Waals surface area contributed by atoms with Crippen molar-refractivity contribution in [2.75, 3.05) is 6.61 Å². The molecule has 0 heterocycles. The molecule has 150 valence electrons. The predicted molar refractivity (Wildman–Crippen MR) is 100.0 cm³/mol. The Morgan fingerprint density at radius 3 is 1.80 bits per heavy atom. The molecule has 25 heavy (non-hydrogen) atoms. The molecule has 0 aliphatic heterocycles. The number of hydrogen-bond donors (Lipinski definition) is 3. The quantitative estimate of drug-likeness (QED) is 0.521. The molecule has 0 spiro atoms. The SMILES string of the molecule is CC(C)C(=O)OCC(C)(C)C(O)C(C)CC(O)C(C)(C)C(O)C(C)C. The van der Waals surface area contributed by atoms with Gasteiger partial charge < -0.3 is 20.1 Å². The molecule has 4 unspecified atom stereocenters. The smallest absolute Gasteiger partial charge is 0.308 e. The summed E-state index contributed by atoms with van der Waals surface area (Å²) in [5.74, 6) is -0.655. The molecule has 5 nitrogen and oxygen atoms in total. The van der Waals surface area contributed by atoms with Crippen LogP contribution in [0.4, 0.5) is 0 Å². The first-order valence-electron chi connectivity index (χ1n) is 9.35. The number of esters is 1. The Balaban J connectivity index is 4.87. The second-order valence-electron chi connectivity index (χ2n) is 9.43. The van der Waals surface area contributed by atoms with Gasteiger partial charge in [-0.1, -0.05) is 62.3 Å². The summed E-state index contributed by atoms with van der Waals surface area (Å²) in [6, 6.07) is 0. The van der Waals surface area contributed by atoms with Gasteiger partial charge in [0.05, 0.1) is 30.8 Å². The van der Waals surface area contributed by atoms with Crippen molar-refractivity contribution in [3.63, 3.8) is 0 Å². The Kier molecular flexibility index (Phi) is 9.09. The minimum atomic E-state index is -0.747. The first-order valence-corrected chi connectivity index (χ1v) is 9.35. The van der Waals surface area contributed by atoms with Crippen molar-refractivity contribution in [2.24, 2.45) is 28.6 Å². The third-order valence-electron chi connectivity index (χ3n) is 5.25. The van der Waals surface area contributed by atoms with Gasteiger partial charge in [0.2, 0.25) is 0 Å². The predicted octanol–water partition coefficient (Wildman–Crippen LogP) is 3.00. The summed E-state index contributed by atoms with van der Waals surface area (Å²) in [6.07, 6.45) is -1.76. The van der Waals surface area contributed by atoms with Crippen LogP contribution in [0.1, 0.15) is 68.7 Å². The minimum absolute atomic E-state index is 0.0387. The molecule has 5 heteroatoms. The van der Waals surface area contributed by atoms with Crippen LogP contribution in [0.15, 0.2) is 0 Å². The monoisotopic (exact) mass is 360 g/mol. The zero-order valence-corrected chi connectivity index (χ0v) is 17.5. The van der Waals surface area contributed by atoms with E-state index in [1.54, 1.807) is 13.8 Å². The van der Waals surface area contributed by atoms with Gasteiger partial charge in [0.15, 0.2) is 0 Å². The molecule has 0 fully saturated rings. The Morgan fingerprint density at radius 1 is 0.920 bits per heavy atom. The minimum Gasteiger partial charge on any atom is -0.465 e. The number of ether oxygens (including phenoxy) is 1. The molecule has 0 aliphatic rings. The molecule has 4 atom stereocenters. The molecular formula is C20H40O5. The van der Waals surface area contributed by atoms with E-state index in [1.165, 1.54) is 0 Å². The van der Waals surface area contributed by atoms with Crippen LogP contribution in [0.3, 0.4) is 0 Å². The average Bonchev–Trinajstić information content (AvgIpc) is 2.50. The second-order valence-corrected chi connectivity index (χ2v) is 9.43. The highest BCUT2D eigenvalue weighted by atomic mass is 16.5. The molecule has 0 aromatic heterocycles. The van der Waals surface area contributed by atoms with E-state index in [2.05, 4.69) is 0 Å². The molecule has 0 radical (unpaired) electrons. The largest absolute Gasteiger partial charge is 0.465 e. The second kappa shape index (κ2) is 9.33. The Morgan fingerprint density at radius 2 is 1.40 bits per heavy atom. The van der Waals surface area contributed by atoms with Crippen molar-refractivity contribution in [3.05, 3.63) is 0 Å². The van der Waals surface area contributed by atoms with Crippen LogP contribution in [0.25, 0.3) is 0 Å². The van der Waals surface area contributed by atoms with Crippen LogP contribution in [0.2, 0.25) is 0 Å². The van der Waals surface area contributed by atoms with Crippen LogP contribution in [0.5, 0.6) is 0 Å². The molecule has 0 rings (SSSR count). The van der Waals surface area contributed by atoms with Crippen LogP contribution >= 0.6 is 0 Å². The van der Waals surface area contributed by atoms with E-state index in [0.717, 1.165) is 0 Å². The van der Waals surface area contributed by atoms with Crippen molar-refractivity contribution in [1.29, 1.82) is 0 Å². The van der Waals surface area contributed by atoms with E-state index < -0.39 is 29.1 Å². The highest BCUT2D eigenvalue weighted by molar-refractivity contribution is 5.71. The van der Waals surface area contributed by atoms with E-state index in [9.17, 15) is 20.1 Å². The Bertz CT molecular complexity index is 414. The maximum absolute atomic E-state index is 11.7. The van der Waals surface area contributed by atoms with E-state index in [1.807, 2.05) is 48.5 Å². The number of aliphatic hydroxyl groups is 3. The number of rotatable bonds is 10. The van der Waals surface area contributed by atoms with Gasteiger partial charge in [-0.2, -0.15) is 0 Å². The fraction of sp³-hybridized carbons (Fsp3) is 0.950. The summed E-state index contributed by atoms with van der Waals surface area (Å²) >= 11 is 0. The van der Waals surface area contributed by atoms with Gasteiger partial charge in [0.25, 0.3) is 0 Å². The standard InChI is InChI=1S/C20H40O5/c1-12(2)16(22)20(8,9)15(21)10-14(5)17(23)19(6,7)11-25-18(24)13(3)4/h12-17,21-23H,10-11H2,1-9H3. The summed E-state index contributed by atoms with van der Waals surface area (Å²) < 4.78 is 5.28. The molecule has 0 aromatic carbocycles. The lowest BCUT2D eigenvalue weighted by atomic mass is 9.71. The molecule has 0 saturated carbocycles. The molecular weight excluding hydrogens is 320 g/mol. The fourth-order valence-electron chi connectivity index (χ4n) is 3.12. The summed E-state index contributed by atoms with van der Waals surface area (Å²) in [7, 11) is 0. The molecule has 0 amide bonds. The molecule has 0 bridgehead atoms. The summed E-state index contributed by atoms with van der Waals surface area (Å²) in [5.41, 5.74) is -1.29. The Labute approximate surface area is 153 Å². The molecule has 0 saturated heterocycles. The highest BCUT2D eigenvalue weighted by Gasteiger charge is 2.40. The lowest BCUT2D eigenvalue weighted by molar-refractivity contribution is -0.154. The third-order valence-corrected chi connectivity index (χ3v) is 5.25. The van der Waals surface area contributed by atoms with Crippen LogP contribution in [-0.2, 0) is 9.53 Å². The zero-order chi connectivity index (χ0) is 20.2. The van der Waals surface area contributed by atoms with Crippen molar-refractivity contribution in [1.82, 2.24) is 0 Å². The van der Waals surface area contributed by atoms with Crippen LogP contribution in [0, 0.1) is 28.6 Å². The van der Waals surface area contributed by atoms with Gasteiger partial charge in [-0.15, -0.1) is 0 Å². The zero-order valence-electron chi connectivity index (χ0n) is 17.5. The van der Waals surface area contributed by atoms with Gasteiger partial charge >= 0.3 is 5.97 Å². The van der Waals surface area contributed by atoms with E-state index in [-0.39, 0.29) is 30.3 Å². The number of carbonyl (C=O) groups is 1. The first kappa shape index (κ1) is 24.4. The van der Waals surface area contributed by atoms with Gasteiger partial charge in [-0.05, 0) is 18.3 Å². The molecule has 3 N–H and O–H groups in total. The lowest BCUT2D eigenvalue weighted by Gasteiger charge is -2.40. The summed E-state index contributed by atoms with van der Waals surface area (Å²) in [4.78, 5) is 11.7. The van der Waals surface area contributed by atoms with E-state index in [0.29, 0.717) is 6.42 Å². The maximum Gasteiger partial charge on any atom is 0.308 e. The van der Waals surface area contributed by atoms with E-state index in [4.69, 9.17) is 4.74 Å². The Hall–Kier alpha value is -0.650. The number of aliphatic hydroxyl groups excluding tert-OH is 3. The maximum atomic E-state index is 11.7. The van der Waals surface area contributed by atoms with Crippen LogP contribution < -0.4 is 0 Å². The third kappa shape index (κ3) is 6.87. The number of carbonyl (C=O) groups excluding carboxylic acids is 1. The normalized spacial score (nSPS) is 18.2. The van der Waals surface area contributed by atoms with Crippen LogP contribution in [-0.4, -0.2) is 46.2 Å². The van der Waals surface area contributed by atoms with Gasteiger partial charge in [0.1, 0.15) is 0 Å². The fourth-order valence-corrected chi connectivity index (χ4v) is 3.12. The lowest BCUT2D eigenvalue weighted by Crippen LogP contribution is -2.46. The van der Waals surface area contributed by atoms with Crippen molar-refractivity contribution < 1.29 is 24.9 Å². The summed E-state index contributed by atoms with van der Waals surface area (Å²) in [5, 5.41) is 31.7. The average molecular weight is 361 g/mol. The van der Waals surface area contributed by atoms with Gasteiger partial charge in [-0.25, -0.2) is 0 Å². The molecule has 0 aromatic rings. The first-order chi connectivity index (χ1) is 11.1. The molecule has 0 aliphatic carbocycles. The van der Waals surface area contributed by atoms with E-state index >= 15 is 0 Å². The number of hydrogen-bond acceptors (Lipinski definition) is 5. The van der Waals surface area contributed by atoms with Crippen molar-refractivity contribution >= 4 is 5.97 Å². The summed E-state index contributed by atoms with van der Waals surface area (Å²) in [6.45, 7) is 16.8. The van der Waals surface area contributed by atoms with Gasteiger partial charge in [-0.3, -0.25) is 4.79 Å². The topological polar surface area (TPSA) is 87.0 Å².